The smallest absolute Gasteiger partial charge is 0.252 e. The number of benzene rings is 2. The van der Waals surface area contributed by atoms with Crippen LogP contribution >= 0.6 is 0 Å². The van der Waals surface area contributed by atoms with Gasteiger partial charge in [0.25, 0.3) is 5.91 Å². The van der Waals surface area contributed by atoms with Gasteiger partial charge in [0.05, 0.1) is 18.4 Å². The Morgan fingerprint density at radius 3 is 2.68 bits per heavy atom. The highest BCUT2D eigenvalue weighted by atomic mass is 19.1. The molecule has 0 atom stereocenters. The second-order valence-electron chi connectivity index (χ2n) is 6.04. The van der Waals surface area contributed by atoms with E-state index >= 15 is 0 Å². The number of halogens is 2. The van der Waals surface area contributed by atoms with E-state index < -0.39 is 11.6 Å². The number of pyridine rings is 1. The van der Waals surface area contributed by atoms with Gasteiger partial charge in [0.15, 0.2) is 0 Å². The Hall–Kier alpha value is -3.48. The number of hydrogen-bond donors (Lipinski definition) is 2. The van der Waals surface area contributed by atoms with Gasteiger partial charge in [-0.3, -0.25) is 4.79 Å². The third-order valence-electron chi connectivity index (χ3n) is 4.05. The average Bonchev–Trinajstić information content (AvgIpc) is 2.71. The maximum atomic E-state index is 13.7. The summed E-state index contributed by atoms with van der Waals surface area (Å²) >= 11 is 0. The zero-order chi connectivity index (χ0) is 19.9. The van der Waals surface area contributed by atoms with E-state index in [0.29, 0.717) is 24.3 Å². The maximum Gasteiger partial charge on any atom is 0.252 e. The normalized spacial score (nSPS) is 10.4. The summed E-state index contributed by atoms with van der Waals surface area (Å²) < 4.78 is 31.8. The zero-order valence-electron chi connectivity index (χ0n) is 15.2. The van der Waals surface area contributed by atoms with Crippen LogP contribution in [0.2, 0.25) is 0 Å². The second-order valence-corrected chi connectivity index (χ2v) is 6.04. The first-order chi connectivity index (χ1) is 13.5. The lowest BCUT2D eigenvalue weighted by atomic mass is 10.1. The van der Waals surface area contributed by atoms with Gasteiger partial charge in [0.1, 0.15) is 23.2 Å². The quantitative estimate of drug-likeness (QED) is 0.645. The summed E-state index contributed by atoms with van der Waals surface area (Å²) in [5.74, 6) is -0.514. The van der Waals surface area contributed by atoms with E-state index in [0.717, 1.165) is 23.4 Å². The highest BCUT2D eigenvalue weighted by molar-refractivity contribution is 5.94. The number of methoxy groups -OCH3 is 1. The van der Waals surface area contributed by atoms with E-state index in [1.54, 1.807) is 19.2 Å². The molecule has 0 saturated carbocycles. The van der Waals surface area contributed by atoms with Crippen LogP contribution in [0.1, 0.15) is 15.9 Å². The molecule has 0 aliphatic carbocycles. The monoisotopic (exact) mass is 383 g/mol. The van der Waals surface area contributed by atoms with Crippen LogP contribution in [0.15, 0.2) is 60.8 Å². The van der Waals surface area contributed by atoms with Crippen LogP contribution in [0, 0.1) is 11.6 Å². The molecule has 0 radical (unpaired) electrons. The minimum atomic E-state index is -0.721. The van der Waals surface area contributed by atoms with Crippen molar-refractivity contribution in [3.8, 4) is 5.75 Å². The van der Waals surface area contributed by atoms with Gasteiger partial charge in [-0.2, -0.15) is 0 Å². The van der Waals surface area contributed by atoms with Crippen LogP contribution in [0.5, 0.6) is 5.75 Å². The molecule has 0 aliphatic heterocycles. The van der Waals surface area contributed by atoms with Crippen molar-refractivity contribution in [3.63, 3.8) is 0 Å². The Morgan fingerprint density at radius 1 is 1.11 bits per heavy atom. The number of amides is 1. The number of carbonyl (C=O) groups is 1. The summed E-state index contributed by atoms with van der Waals surface area (Å²) in [6.45, 7) is 0.465. The first-order valence-electron chi connectivity index (χ1n) is 8.64. The van der Waals surface area contributed by atoms with E-state index in [1.807, 2.05) is 24.3 Å². The molecule has 28 heavy (non-hydrogen) atoms. The molecule has 7 heteroatoms. The third kappa shape index (κ3) is 5.03. The summed E-state index contributed by atoms with van der Waals surface area (Å²) in [4.78, 5) is 16.3. The molecule has 0 unspecified atom stereocenters. The van der Waals surface area contributed by atoms with Crippen molar-refractivity contribution >= 4 is 17.4 Å². The van der Waals surface area contributed by atoms with Crippen molar-refractivity contribution in [1.82, 2.24) is 10.3 Å². The molecule has 1 heterocycles. The van der Waals surface area contributed by atoms with Crippen LogP contribution in [0.25, 0.3) is 0 Å². The van der Waals surface area contributed by atoms with Crippen molar-refractivity contribution in [3.05, 3.63) is 83.6 Å². The molecule has 0 saturated heterocycles. The predicted octanol–water partition coefficient (Wildman–Crippen LogP) is 4.08. The van der Waals surface area contributed by atoms with Crippen molar-refractivity contribution in [2.24, 2.45) is 0 Å². The molecule has 0 aliphatic rings. The lowest BCUT2D eigenvalue weighted by Gasteiger charge is -2.09. The molecule has 0 spiro atoms. The third-order valence-corrected chi connectivity index (χ3v) is 4.05. The minimum absolute atomic E-state index is 0.101. The number of rotatable bonds is 7. The van der Waals surface area contributed by atoms with Gasteiger partial charge in [-0.05, 0) is 48.4 Å². The Labute approximate surface area is 161 Å². The molecule has 5 nitrogen and oxygen atoms in total. The molecule has 144 valence electrons. The predicted molar refractivity (Wildman–Crippen MR) is 103 cm³/mol. The SMILES string of the molecule is COc1cccc(CCNC(=O)c2ccc(Nc3ccc(F)cc3F)nc2)c1. The highest BCUT2D eigenvalue weighted by Crippen LogP contribution is 2.19. The van der Waals surface area contributed by atoms with E-state index in [9.17, 15) is 13.6 Å². The Balaban J connectivity index is 1.54. The zero-order valence-corrected chi connectivity index (χ0v) is 15.2. The van der Waals surface area contributed by atoms with Crippen LogP contribution in [-0.4, -0.2) is 24.5 Å². The molecule has 3 aromatic rings. The lowest BCUT2D eigenvalue weighted by molar-refractivity contribution is 0.0954. The van der Waals surface area contributed by atoms with Crippen molar-refractivity contribution in [2.45, 2.75) is 6.42 Å². The summed E-state index contributed by atoms with van der Waals surface area (Å²) in [6.07, 6.45) is 2.06. The summed E-state index contributed by atoms with van der Waals surface area (Å²) in [6, 6.07) is 14.0. The van der Waals surface area contributed by atoms with Crippen LogP contribution in [-0.2, 0) is 6.42 Å². The maximum absolute atomic E-state index is 13.7. The molecule has 1 aromatic heterocycles. The van der Waals surface area contributed by atoms with Gasteiger partial charge in [0.2, 0.25) is 0 Å². The summed E-state index contributed by atoms with van der Waals surface area (Å²) in [5, 5.41) is 5.57. The topological polar surface area (TPSA) is 63.2 Å². The van der Waals surface area contributed by atoms with Crippen molar-refractivity contribution in [2.75, 3.05) is 19.0 Å². The van der Waals surface area contributed by atoms with E-state index in [1.165, 1.54) is 12.3 Å². The van der Waals surface area contributed by atoms with Gasteiger partial charge >= 0.3 is 0 Å². The van der Waals surface area contributed by atoms with Crippen molar-refractivity contribution < 1.29 is 18.3 Å². The highest BCUT2D eigenvalue weighted by Gasteiger charge is 2.08. The number of anilines is 2. The summed E-state index contributed by atoms with van der Waals surface area (Å²) in [5.41, 5.74) is 1.54. The number of nitrogens with one attached hydrogen (secondary N) is 2. The van der Waals surface area contributed by atoms with E-state index in [-0.39, 0.29) is 11.6 Å². The molecular formula is C21H19F2N3O2. The number of nitrogens with zero attached hydrogens (tertiary/aromatic N) is 1. The molecule has 2 N–H and O–H groups in total. The van der Waals surface area contributed by atoms with Gasteiger partial charge in [-0.1, -0.05) is 12.1 Å². The second kappa shape index (κ2) is 8.94. The van der Waals surface area contributed by atoms with Gasteiger partial charge in [0, 0.05) is 18.8 Å². The van der Waals surface area contributed by atoms with Crippen molar-refractivity contribution in [1.29, 1.82) is 0 Å². The fraction of sp³-hybridized carbons (Fsp3) is 0.143. The molecule has 3 rings (SSSR count). The molecule has 0 fully saturated rings. The Kier molecular flexibility index (Phi) is 6.16. The molecular weight excluding hydrogens is 364 g/mol. The largest absolute Gasteiger partial charge is 0.497 e. The average molecular weight is 383 g/mol. The number of hydrogen-bond acceptors (Lipinski definition) is 4. The van der Waals surface area contributed by atoms with E-state index in [2.05, 4.69) is 15.6 Å². The number of aromatic nitrogens is 1. The summed E-state index contributed by atoms with van der Waals surface area (Å²) in [7, 11) is 1.61. The fourth-order valence-corrected chi connectivity index (χ4v) is 2.58. The molecule has 0 bridgehead atoms. The first kappa shape index (κ1) is 19.3. The Bertz CT molecular complexity index is 962. The number of ether oxygens (including phenoxy) is 1. The first-order valence-corrected chi connectivity index (χ1v) is 8.64. The fourth-order valence-electron chi connectivity index (χ4n) is 2.58. The van der Waals surface area contributed by atoms with Gasteiger partial charge in [-0.15, -0.1) is 0 Å². The van der Waals surface area contributed by atoms with Gasteiger partial charge < -0.3 is 15.4 Å². The molecule has 2 aromatic carbocycles. The minimum Gasteiger partial charge on any atom is -0.497 e. The Morgan fingerprint density at radius 2 is 1.96 bits per heavy atom. The standard InChI is InChI=1S/C21H19F2N3O2/c1-28-17-4-2-3-14(11-17)9-10-24-21(27)15-5-8-20(25-13-15)26-19-7-6-16(22)12-18(19)23/h2-8,11-13H,9-10H2,1H3,(H,24,27)(H,25,26). The van der Waals surface area contributed by atoms with Crippen LogP contribution in [0.4, 0.5) is 20.3 Å². The van der Waals surface area contributed by atoms with E-state index in [4.69, 9.17) is 4.74 Å². The van der Waals surface area contributed by atoms with Gasteiger partial charge in [-0.25, -0.2) is 13.8 Å². The molecule has 1 amide bonds. The number of carbonyl (C=O) groups excluding carboxylic acids is 1. The lowest BCUT2D eigenvalue weighted by Crippen LogP contribution is -2.25. The van der Waals surface area contributed by atoms with Crippen LogP contribution in [0.3, 0.4) is 0 Å². The van der Waals surface area contributed by atoms with Crippen LogP contribution < -0.4 is 15.4 Å².